The Hall–Kier alpha value is -2.92. The third kappa shape index (κ3) is 2.94. The van der Waals surface area contributed by atoms with Gasteiger partial charge in [0.15, 0.2) is 0 Å². The van der Waals surface area contributed by atoms with Gasteiger partial charge in [-0.05, 0) is 12.1 Å². The topological polar surface area (TPSA) is 55.0 Å². The van der Waals surface area contributed by atoms with Crippen LogP contribution in [0.1, 0.15) is 16.2 Å². The van der Waals surface area contributed by atoms with E-state index in [1.807, 2.05) is 60.0 Å². The molecular formula is C19H14N2O2S. The molecule has 4 rings (SSSR count). The molecule has 0 bridgehead atoms. The first-order valence-corrected chi connectivity index (χ1v) is 8.42. The second-order valence-electron chi connectivity index (χ2n) is 5.36. The van der Waals surface area contributed by atoms with Crippen molar-refractivity contribution in [2.24, 2.45) is 0 Å². The van der Waals surface area contributed by atoms with E-state index in [4.69, 9.17) is 4.74 Å². The van der Waals surface area contributed by atoms with Gasteiger partial charge in [-0.15, -0.1) is 11.3 Å². The summed E-state index contributed by atoms with van der Waals surface area (Å²) in [5.41, 5.74) is 3.19. The van der Waals surface area contributed by atoms with Crippen LogP contribution in [-0.4, -0.2) is 15.9 Å². The molecule has 0 fully saturated rings. The fraction of sp³-hybridized carbons (Fsp3) is 0.0526. The number of H-pyrrole nitrogens is 1. The number of nitrogens with one attached hydrogen (secondary N) is 1. The average Bonchev–Trinajstić information content (AvgIpc) is 3.27. The number of fused-ring (bicyclic) bond motifs is 1. The second kappa shape index (κ2) is 6.29. The smallest absolute Gasteiger partial charge is 0.355 e. The van der Waals surface area contributed by atoms with E-state index < -0.39 is 0 Å². The van der Waals surface area contributed by atoms with E-state index in [0.717, 1.165) is 27.2 Å². The number of benzene rings is 2. The van der Waals surface area contributed by atoms with Crippen molar-refractivity contribution in [2.45, 2.75) is 6.61 Å². The third-order valence-corrected chi connectivity index (χ3v) is 4.61. The number of rotatable bonds is 4. The van der Waals surface area contributed by atoms with Crippen molar-refractivity contribution in [3.63, 3.8) is 0 Å². The number of hydrogen-bond donors (Lipinski definition) is 1. The Labute approximate surface area is 142 Å². The fourth-order valence-electron chi connectivity index (χ4n) is 2.49. The van der Waals surface area contributed by atoms with Gasteiger partial charge in [0.25, 0.3) is 0 Å². The minimum Gasteiger partial charge on any atom is -0.454 e. The number of aromatic nitrogens is 2. The highest BCUT2D eigenvalue weighted by molar-refractivity contribution is 7.13. The van der Waals surface area contributed by atoms with Crippen LogP contribution < -0.4 is 0 Å². The number of esters is 1. The summed E-state index contributed by atoms with van der Waals surface area (Å²) in [6.07, 6.45) is 0. The highest BCUT2D eigenvalue weighted by atomic mass is 32.1. The van der Waals surface area contributed by atoms with Crippen LogP contribution in [0.15, 0.2) is 66.0 Å². The first-order valence-electron chi connectivity index (χ1n) is 7.54. The van der Waals surface area contributed by atoms with Gasteiger partial charge in [-0.25, -0.2) is 9.78 Å². The van der Waals surface area contributed by atoms with Gasteiger partial charge in [-0.2, -0.15) is 0 Å². The zero-order chi connectivity index (χ0) is 16.4. The van der Waals surface area contributed by atoms with Gasteiger partial charge in [0.2, 0.25) is 0 Å². The lowest BCUT2D eigenvalue weighted by molar-refractivity contribution is 0.0462. The Balaban J connectivity index is 1.45. The molecule has 4 nitrogen and oxygen atoms in total. The minimum atomic E-state index is -0.375. The molecule has 0 aliphatic rings. The molecule has 0 aliphatic heterocycles. The molecule has 2 aromatic heterocycles. The first-order chi connectivity index (χ1) is 11.8. The van der Waals surface area contributed by atoms with Gasteiger partial charge in [0.1, 0.15) is 17.3 Å². The molecule has 118 valence electrons. The number of carbonyl (C=O) groups excluding carboxylic acids is 1. The van der Waals surface area contributed by atoms with E-state index in [1.54, 1.807) is 17.4 Å². The van der Waals surface area contributed by atoms with Crippen LogP contribution in [0.2, 0.25) is 0 Å². The van der Waals surface area contributed by atoms with Gasteiger partial charge in [0.05, 0.1) is 5.69 Å². The predicted octanol–water partition coefficient (Wildman–Crippen LogP) is 4.65. The zero-order valence-corrected chi connectivity index (χ0v) is 13.5. The lowest BCUT2D eigenvalue weighted by Crippen LogP contribution is -2.05. The molecule has 24 heavy (non-hydrogen) atoms. The Kier molecular flexibility index (Phi) is 3.84. The maximum absolute atomic E-state index is 12.2. The molecule has 1 N–H and O–H groups in total. The van der Waals surface area contributed by atoms with E-state index in [0.29, 0.717) is 5.69 Å². The molecule has 0 spiro atoms. The second-order valence-corrected chi connectivity index (χ2v) is 6.21. The zero-order valence-electron chi connectivity index (χ0n) is 12.7. The highest BCUT2D eigenvalue weighted by Gasteiger charge is 2.12. The maximum atomic E-state index is 12.2. The van der Waals surface area contributed by atoms with E-state index in [2.05, 4.69) is 9.97 Å². The summed E-state index contributed by atoms with van der Waals surface area (Å²) in [5, 5.41) is 3.83. The summed E-state index contributed by atoms with van der Waals surface area (Å²) in [4.78, 5) is 19.8. The molecule has 0 unspecified atom stereocenters. The molecular weight excluding hydrogens is 320 g/mol. The first kappa shape index (κ1) is 14.7. The quantitative estimate of drug-likeness (QED) is 0.553. The summed E-state index contributed by atoms with van der Waals surface area (Å²) in [6, 6.07) is 19.5. The Morgan fingerprint density at radius 1 is 1.08 bits per heavy atom. The van der Waals surface area contributed by atoms with Gasteiger partial charge >= 0.3 is 5.97 Å². The monoisotopic (exact) mass is 334 g/mol. The van der Waals surface area contributed by atoms with Crippen molar-refractivity contribution in [3.05, 3.63) is 77.4 Å². The number of para-hydroxylation sites is 1. The van der Waals surface area contributed by atoms with Crippen LogP contribution in [0, 0.1) is 0 Å². The molecule has 0 radical (unpaired) electrons. The molecule has 0 saturated carbocycles. The van der Waals surface area contributed by atoms with Crippen molar-refractivity contribution >= 4 is 28.2 Å². The van der Waals surface area contributed by atoms with Crippen molar-refractivity contribution in [1.29, 1.82) is 0 Å². The van der Waals surface area contributed by atoms with Gasteiger partial charge < -0.3 is 9.72 Å². The Morgan fingerprint density at radius 2 is 1.88 bits per heavy atom. The standard InChI is InChI=1S/C19H14N2O2S/c22-19(17-10-14-8-4-5-9-16(14)21-17)23-11-15-12-24-18(20-15)13-6-2-1-3-7-13/h1-10,12,21H,11H2. The van der Waals surface area contributed by atoms with Crippen LogP contribution >= 0.6 is 11.3 Å². The molecule has 0 aliphatic carbocycles. The van der Waals surface area contributed by atoms with Gasteiger partial charge in [0, 0.05) is 21.8 Å². The molecule has 0 atom stereocenters. The predicted molar refractivity (Wildman–Crippen MR) is 95.0 cm³/mol. The number of ether oxygens (including phenoxy) is 1. The largest absolute Gasteiger partial charge is 0.454 e. The summed E-state index contributed by atoms with van der Waals surface area (Å²) < 4.78 is 5.37. The van der Waals surface area contributed by atoms with E-state index in [1.165, 1.54) is 0 Å². The van der Waals surface area contributed by atoms with Crippen molar-refractivity contribution in [3.8, 4) is 10.6 Å². The highest BCUT2D eigenvalue weighted by Crippen LogP contribution is 2.23. The molecule has 0 amide bonds. The van der Waals surface area contributed by atoms with Crippen molar-refractivity contribution in [1.82, 2.24) is 9.97 Å². The van der Waals surface area contributed by atoms with E-state index in [9.17, 15) is 4.79 Å². The van der Waals surface area contributed by atoms with E-state index >= 15 is 0 Å². The number of thiazole rings is 1. The third-order valence-electron chi connectivity index (χ3n) is 3.67. The number of hydrogen-bond acceptors (Lipinski definition) is 4. The lowest BCUT2D eigenvalue weighted by Gasteiger charge is -2.00. The number of carbonyl (C=O) groups is 1. The van der Waals surface area contributed by atoms with Crippen LogP contribution in [0.5, 0.6) is 0 Å². The lowest BCUT2D eigenvalue weighted by atomic mass is 10.2. The van der Waals surface area contributed by atoms with E-state index in [-0.39, 0.29) is 12.6 Å². The number of aromatic amines is 1. The molecule has 5 heteroatoms. The molecule has 2 aromatic carbocycles. The van der Waals surface area contributed by atoms with Crippen LogP contribution in [-0.2, 0) is 11.3 Å². The summed E-state index contributed by atoms with van der Waals surface area (Å²) in [7, 11) is 0. The molecule has 0 saturated heterocycles. The summed E-state index contributed by atoms with van der Waals surface area (Å²) in [5.74, 6) is -0.375. The Morgan fingerprint density at radius 3 is 2.71 bits per heavy atom. The minimum absolute atomic E-state index is 0.164. The fourth-order valence-corrected chi connectivity index (χ4v) is 3.30. The van der Waals surface area contributed by atoms with Gasteiger partial charge in [-0.3, -0.25) is 0 Å². The average molecular weight is 334 g/mol. The van der Waals surface area contributed by atoms with Crippen LogP contribution in [0.3, 0.4) is 0 Å². The molecule has 4 aromatic rings. The normalized spacial score (nSPS) is 10.8. The SMILES string of the molecule is O=C(OCc1csc(-c2ccccc2)n1)c1cc2ccccc2[nH]1. The molecule has 2 heterocycles. The summed E-state index contributed by atoms with van der Waals surface area (Å²) >= 11 is 1.54. The van der Waals surface area contributed by atoms with Crippen molar-refractivity contribution in [2.75, 3.05) is 0 Å². The number of nitrogens with zero attached hydrogens (tertiary/aromatic N) is 1. The maximum Gasteiger partial charge on any atom is 0.355 e. The van der Waals surface area contributed by atoms with Crippen LogP contribution in [0.4, 0.5) is 0 Å². The van der Waals surface area contributed by atoms with Gasteiger partial charge in [-0.1, -0.05) is 48.5 Å². The Bertz CT molecular complexity index is 956. The van der Waals surface area contributed by atoms with Crippen molar-refractivity contribution < 1.29 is 9.53 Å². The summed E-state index contributed by atoms with van der Waals surface area (Å²) in [6.45, 7) is 0.164. The van der Waals surface area contributed by atoms with Crippen LogP contribution in [0.25, 0.3) is 21.5 Å².